The number of carbonyl (C=O) groups is 1. The molecule has 2 heterocycles. The molecular formula is C21H21ClN4O5S. The monoisotopic (exact) mass is 476 g/mol. The van der Waals surface area contributed by atoms with Crippen LogP contribution in [-0.2, 0) is 14.8 Å². The van der Waals surface area contributed by atoms with Crippen molar-refractivity contribution >= 4 is 33.5 Å². The zero-order valence-electron chi connectivity index (χ0n) is 17.4. The molecule has 1 aliphatic heterocycles. The standard InChI is InChI=1S/C21H21ClN4O5S/c1-13-11-26(12-14(2)30-13)32(28,29)16-9-7-15(8-10-16)19(27)23-21-25-24-20(31-21)17-5-3-4-6-18(17)22/h3-10,13-14H,11-12H2,1-2H3,(H,23,25,27). The van der Waals surface area contributed by atoms with Gasteiger partial charge in [0.15, 0.2) is 0 Å². The van der Waals surface area contributed by atoms with Crippen molar-refractivity contribution in [1.82, 2.24) is 14.5 Å². The van der Waals surface area contributed by atoms with E-state index in [0.717, 1.165) is 0 Å². The average Bonchev–Trinajstić information content (AvgIpc) is 3.21. The quantitative estimate of drug-likeness (QED) is 0.599. The molecule has 0 radical (unpaired) electrons. The van der Waals surface area contributed by atoms with Crippen molar-refractivity contribution < 1.29 is 22.4 Å². The molecule has 1 fully saturated rings. The Labute approximate surface area is 190 Å². The van der Waals surface area contributed by atoms with Crippen LogP contribution < -0.4 is 5.32 Å². The van der Waals surface area contributed by atoms with E-state index < -0.39 is 15.9 Å². The molecular weight excluding hydrogens is 456 g/mol. The molecule has 0 saturated carbocycles. The lowest BCUT2D eigenvalue weighted by molar-refractivity contribution is -0.0440. The van der Waals surface area contributed by atoms with E-state index in [-0.39, 0.29) is 47.7 Å². The van der Waals surface area contributed by atoms with Crippen molar-refractivity contribution in [3.8, 4) is 11.5 Å². The smallest absolute Gasteiger partial charge is 0.322 e. The van der Waals surface area contributed by atoms with Crippen molar-refractivity contribution in [2.75, 3.05) is 18.4 Å². The number of sulfonamides is 1. The fraction of sp³-hybridized carbons (Fsp3) is 0.286. The number of nitrogens with one attached hydrogen (secondary N) is 1. The van der Waals surface area contributed by atoms with Crippen LogP contribution in [0.5, 0.6) is 0 Å². The molecule has 4 rings (SSSR count). The second-order valence-electron chi connectivity index (χ2n) is 7.45. The molecule has 0 bridgehead atoms. The lowest BCUT2D eigenvalue weighted by Gasteiger charge is -2.34. The van der Waals surface area contributed by atoms with Gasteiger partial charge in [-0.15, -0.1) is 5.10 Å². The normalized spacial score (nSPS) is 19.6. The molecule has 168 valence electrons. The van der Waals surface area contributed by atoms with E-state index in [1.54, 1.807) is 24.3 Å². The minimum Gasteiger partial charge on any atom is -0.403 e. The van der Waals surface area contributed by atoms with Gasteiger partial charge in [0.1, 0.15) is 0 Å². The maximum absolute atomic E-state index is 12.9. The number of aromatic nitrogens is 2. The van der Waals surface area contributed by atoms with Crippen LogP contribution in [0.3, 0.4) is 0 Å². The molecule has 2 aromatic carbocycles. The highest BCUT2D eigenvalue weighted by Gasteiger charge is 2.32. The molecule has 1 N–H and O–H groups in total. The van der Waals surface area contributed by atoms with E-state index in [2.05, 4.69) is 15.5 Å². The first-order chi connectivity index (χ1) is 15.2. The Morgan fingerprint density at radius 2 is 1.72 bits per heavy atom. The van der Waals surface area contributed by atoms with Gasteiger partial charge in [0.2, 0.25) is 10.0 Å². The largest absolute Gasteiger partial charge is 0.403 e. The molecule has 2 unspecified atom stereocenters. The molecule has 1 aromatic heterocycles. The first-order valence-electron chi connectivity index (χ1n) is 9.89. The van der Waals surface area contributed by atoms with Gasteiger partial charge in [-0.25, -0.2) is 8.42 Å². The number of halogens is 1. The third kappa shape index (κ3) is 4.68. The summed E-state index contributed by atoms with van der Waals surface area (Å²) in [7, 11) is -3.69. The number of hydrogen-bond acceptors (Lipinski definition) is 7. The Morgan fingerprint density at radius 1 is 1.06 bits per heavy atom. The number of carbonyl (C=O) groups excluding carboxylic acids is 1. The Balaban J connectivity index is 1.46. The van der Waals surface area contributed by atoms with Gasteiger partial charge < -0.3 is 9.15 Å². The summed E-state index contributed by atoms with van der Waals surface area (Å²) in [6.45, 7) is 4.22. The van der Waals surface area contributed by atoms with Crippen molar-refractivity contribution in [3.05, 3.63) is 59.1 Å². The van der Waals surface area contributed by atoms with Gasteiger partial charge in [-0.05, 0) is 50.2 Å². The average molecular weight is 477 g/mol. The van der Waals surface area contributed by atoms with E-state index in [1.165, 1.54) is 28.6 Å². The third-order valence-corrected chi connectivity index (χ3v) is 7.07. The van der Waals surface area contributed by atoms with Crippen molar-refractivity contribution in [2.45, 2.75) is 31.0 Å². The van der Waals surface area contributed by atoms with Crippen molar-refractivity contribution in [2.24, 2.45) is 0 Å². The Bertz CT molecular complexity index is 1220. The Kier molecular flexibility index (Phi) is 6.29. The maximum atomic E-state index is 12.9. The molecule has 11 heteroatoms. The van der Waals surface area contributed by atoms with Crippen LogP contribution in [0.1, 0.15) is 24.2 Å². The van der Waals surface area contributed by atoms with Gasteiger partial charge in [-0.3, -0.25) is 10.1 Å². The lowest BCUT2D eigenvalue weighted by atomic mass is 10.2. The lowest BCUT2D eigenvalue weighted by Crippen LogP contribution is -2.48. The highest BCUT2D eigenvalue weighted by atomic mass is 35.5. The zero-order valence-corrected chi connectivity index (χ0v) is 18.9. The number of ether oxygens (including phenoxy) is 1. The van der Waals surface area contributed by atoms with E-state index in [9.17, 15) is 13.2 Å². The van der Waals surface area contributed by atoms with E-state index in [1.807, 2.05) is 13.8 Å². The molecule has 0 spiro atoms. The molecule has 1 amide bonds. The molecule has 9 nitrogen and oxygen atoms in total. The highest BCUT2D eigenvalue weighted by molar-refractivity contribution is 7.89. The third-order valence-electron chi connectivity index (χ3n) is 4.89. The van der Waals surface area contributed by atoms with Gasteiger partial charge >= 0.3 is 6.01 Å². The number of rotatable bonds is 5. The topological polar surface area (TPSA) is 115 Å². The van der Waals surface area contributed by atoms with E-state index >= 15 is 0 Å². The molecule has 3 aromatic rings. The number of hydrogen-bond donors (Lipinski definition) is 1. The predicted octanol–water partition coefficient (Wildman–Crippen LogP) is 3.44. The Morgan fingerprint density at radius 3 is 2.38 bits per heavy atom. The van der Waals surface area contributed by atoms with E-state index in [0.29, 0.717) is 10.6 Å². The molecule has 0 aliphatic carbocycles. The second-order valence-corrected chi connectivity index (χ2v) is 9.80. The van der Waals surface area contributed by atoms with Crippen LogP contribution >= 0.6 is 11.6 Å². The van der Waals surface area contributed by atoms with Crippen molar-refractivity contribution in [1.29, 1.82) is 0 Å². The SMILES string of the molecule is CC1CN(S(=O)(=O)c2ccc(C(=O)Nc3nnc(-c4ccccc4Cl)o3)cc2)CC(C)O1. The summed E-state index contributed by atoms with van der Waals surface area (Å²) in [6.07, 6.45) is -0.382. The highest BCUT2D eigenvalue weighted by Crippen LogP contribution is 2.27. The zero-order chi connectivity index (χ0) is 22.9. The molecule has 2 atom stereocenters. The summed E-state index contributed by atoms with van der Waals surface area (Å²) in [4.78, 5) is 12.6. The predicted molar refractivity (Wildman–Crippen MR) is 118 cm³/mol. The van der Waals surface area contributed by atoms with Gasteiger partial charge in [0.25, 0.3) is 11.8 Å². The second kappa shape index (κ2) is 8.99. The van der Waals surface area contributed by atoms with Gasteiger partial charge in [-0.1, -0.05) is 28.8 Å². The van der Waals surface area contributed by atoms with Crippen molar-refractivity contribution in [3.63, 3.8) is 0 Å². The fourth-order valence-electron chi connectivity index (χ4n) is 3.44. The van der Waals surface area contributed by atoms with Crippen LogP contribution in [0.25, 0.3) is 11.5 Å². The van der Waals surface area contributed by atoms with Crippen LogP contribution in [0, 0.1) is 0 Å². The van der Waals surface area contributed by atoms with Crippen LogP contribution in [0.4, 0.5) is 6.01 Å². The summed E-state index contributed by atoms with van der Waals surface area (Å²) in [5, 5.41) is 10.6. The minimum absolute atomic E-state index is 0.0992. The molecule has 1 aliphatic rings. The number of morpholine rings is 1. The first-order valence-corrected chi connectivity index (χ1v) is 11.7. The first kappa shape index (κ1) is 22.4. The molecule has 1 saturated heterocycles. The maximum Gasteiger partial charge on any atom is 0.322 e. The van der Waals surface area contributed by atoms with E-state index in [4.69, 9.17) is 20.8 Å². The number of amides is 1. The summed E-state index contributed by atoms with van der Waals surface area (Å²) in [5.41, 5.74) is 0.786. The van der Waals surface area contributed by atoms with Gasteiger partial charge in [-0.2, -0.15) is 4.31 Å². The Hall–Kier alpha value is -2.79. The summed E-state index contributed by atoms with van der Waals surface area (Å²) < 4.78 is 38.4. The minimum atomic E-state index is -3.69. The molecule has 32 heavy (non-hydrogen) atoms. The van der Waals surface area contributed by atoms with Crippen LogP contribution in [0.15, 0.2) is 57.8 Å². The summed E-state index contributed by atoms with van der Waals surface area (Å²) >= 11 is 6.12. The summed E-state index contributed by atoms with van der Waals surface area (Å²) in [6, 6.07) is 12.5. The van der Waals surface area contributed by atoms with Gasteiger partial charge in [0, 0.05) is 18.7 Å². The number of nitrogens with zero attached hydrogens (tertiary/aromatic N) is 3. The van der Waals surface area contributed by atoms with Crippen LogP contribution in [-0.4, -0.2) is 54.1 Å². The van der Waals surface area contributed by atoms with Crippen LogP contribution in [0.2, 0.25) is 5.02 Å². The fourth-order valence-corrected chi connectivity index (χ4v) is 5.25. The summed E-state index contributed by atoms with van der Waals surface area (Å²) in [5.74, 6) is -0.349. The number of anilines is 1. The number of benzene rings is 2. The van der Waals surface area contributed by atoms with Gasteiger partial charge in [0.05, 0.1) is 27.7 Å².